The van der Waals surface area contributed by atoms with Crippen molar-refractivity contribution >= 4 is 40.3 Å². The molecule has 0 spiro atoms. The Labute approximate surface area is 208 Å². The highest BCUT2D eigenvalue weighted by Gasteiger charge is 2.13. The van der Waals surface area contributed by atoms with Crippen LogP contribution in [0.5, 0.6) is 5.75 Å². The SMILES string of the molecule is CCCCCCCCOc1ccc(N(c2ccc(C)cc2)c2ccc(NC(=O)CCl)cc2)cc1. The molecule has 3 aromatic rings. The number of anilines is 4. The van der Waals surface area contributed by atoms with Crippen molar-refractivity contribution in [2.45, 2.75) is 52.4 Å². The second-order valence-corrected chi connectivity index (χ2v) is 8.78. The van der Waals surface area contributed by atoms with Gasteiger partial charge in [-0.15, -0.1) is 11.6 Å². The van der Waals surface area contributed by atoms with Gasteiger partial charge in [0.25, 0.3) is 0 Å². The second kappa shape index (κ2) is 13.7. The molecule has 0 radical (unpaired) electrons. The summed E-state index contributed by atoms with van der Waals surface area (Å²) in [6, 6.07) is 24.4. The van der Waals surface area contributed by atoms with Crippen molar-refractivity contribution < 1.29 is 9.53 Å². The van der Waals surface area contributed by atoms with E-state index in [4.69, 9.17) is 16.3 Å². The minimum Gasteiger partial charge on any atom is -0.494 e. The molecular weight excluding hydrogens is 444 g/mol. The quantitative estimate of drug-likeness (QED) is 0.198. The summed E-state index contributed by atoms with van der Waals surface area (Å²) in [6.07, 6.45) is 7.52. The topological polar surface area (TPSA) is 41.6 Å². The maximum atomic E-state index is 11.6. The molecule has 34 heavy (non-hydrogen) atoms. The number of aryl methyl sites for hydroxylation is 1. The van der Waals surface area contributed by atoms with E-state index in [1.807, 2.05) is 36.4 Å². The van der Waals surface area contributed by atoms with E-state index in [0.29, 0.717) is 0 Å². The van der Waals surface area contributed by atoms with E-state index in [1.165, 1.54) is 37.7 Å². The lowest BCUT2D eigenvalue weighted by molar-refractivity contribution is -0.113. The first-order chi connectivity index (χ1) is 16.6. The Hall–Kier alpha value is -2.98. The van der Waals surface area contributed by atoms with Crippen molar-refractivity contribution in [3.8, 4) is 5.75 Å². The average Bonchev–Trinajstić information content (AvgIpc) is 2.86. The molecule has 1 N–H and O–H groups in total. The van der Waals surface area contributed by atoms with Gasteiger partial charge in [-0.1, -0.05) is 56.7 Å². The lowest BCUT2D eigenvalue weighted by atomic mass is 10.1. The number of hydrogen-bond donors (Lipinski definition) is 1. The molecule has 0 unspecified atom stereocenters. The third kappa shape index (κ3) is 7.81. The number of carbonyl (C=O) groups excluding carboxylic acids is 1. The lowest BCUT2D eigenvalue weighted by Crippen LogP contribution is -2.13. The summed E-state index contributed by atoms with van der Waals surface area (Å²) in [7, 11) is 0. The van der Waals surface area contributed by atoms with Gasteiger partial charge in [0.15, 0.2) is 0 Å². The minimum atomic E-state index is -0.221. The van der Waals surface area contributed by atoms with Gasteiger partial charge in [0.1, 0.15) is 11.6 Å². The normalized spacial score (nSPS) is 10.7. The zero-order chi connectivity index (χ0) is 24.2. The molecule has 0 aliphatic heterocycles. The molecule has 180 valence electrons. The number of nitrogens with zero attached hydrogens (tertiary/aromatic N) is 1. The molecular formula is C29H35ClN2O2. The Morgan fingerprint density at radius 3 is 1.91 bits per heavy atom. The predicted molar refractivity (Wildman–Crippen MR) is 144 cm³/mol. The van der Waals surface area contributed by atoms with Crippen molar-refractivity contribution in [2.75, 3.05) is 22.7 Å². The van der Waals surface area contributed by atoms with Gasteiger partial charge in [-0.25, -0.2) is 0 Å². The first-order valence-corrected chi connectivity index (χ1v) is 12.7. The number of carbonyl (C=O) groups is 1. The summed E-state index contributed by atoms with van der Waals surface area (Å²) in [6.45, 7) is 5.07. The van der Waals surface area contributed by atoms with Crippen LogP contribution >= 0.6 is 11.6 Å². The molecule has 0 heterocycles. The zero-order valence-corrected chi connectivity index (χ0v) is 21.0. The van der Waals surface area contributed by atoms with Crippen LogP contribution in [0.2, 0.25) is 0 Å². The van der Waals surface area contributed by atoms with Crippen LogP contribution < -0.4 is 15.0 Å². The molecule has 0 atom stereocenters. The zero-order valence-electron chi connectivity index (χ0n) is 20.2. The lowest BCUT2D eigenvalue weighted by Gasteiger charge is -2.26. The van der Waals surface area contributed by atoms with Gasteiger partial charge in [-0.2, -0.15) is 0 Å². The van der Waals surface area contributed by atoms with Crippen LogP contribution in [0.3, 0.4) is 0 Å². The molecule has 0 aliphatic carbocycles. The van der Waals surface area contributed by atoms with E-state index in [1.54, 1.807) is 0 Å². The highest BCUT2D eigenvalue weighted by molar-refractivity contribution is 6.29. The van der Waals surface area contributed by atoms with Crippen molar-refractivity contribution in [3.63, 3.8) is 0 Å². The molecule has 0 saturated heterocycles. The predicted octanol–water partition coefficient (Wildman–Crippen LogP) is 8.38. The van der Waals surface area contributed by atoms with Crippen LogP contribution in [-0.2, 0) is 4.79 Å². The van der Waals surface area contributed by atoms with E-state index < -0.39 is 0 Å². The largest absolute Gasteiger partial charge is 0.494 e. The fraction of sp³-hybridized carbons (Fsp3) is 0.345. The van der Waals surface area contributed by atoms with Crippen LogP contribution in [0.15, 0.2) is 72.8 Å². The van der Waals surface area contributed by atoms with Gasteiger partial charge in [-0.3, -0.25) is 4.79 Å². The maximum Gasteiger partial charge on any atom is 0.239 e. The molecule has 0 bridgehead atoms. The van der Waals surface area contributed by atoms with E-state index in [9.17, 15) is 4.79 Å². The number of amides is 1. The van der Waals surface area contributed by atoms with Gasteiger partial charge in [0.05, 0.1) is 6.61 Å². The van der Waals surface area contributed by atoms with Crippen LogP contribution in [0.1, 0.15) is 51.0 Å². The number of alkyl halides is 1. The number of ether oxygens (including phenoxy) is 1. The number of benzene rings is 3. The van der Waals surface area contributed by atoms with Gasteiger partial charge in [-0.05, 0) is 74.0 Å². The Morgan fingerprint density at radius 1 is 0.794 bits per heavy atom. The highest BCUT2D eigenvalue weighted by Crippen LogP contribution is 2.36. The smallest absolute Gasteiger partial charge is 0.239 e. The number of nitrogens with one attached hydrogen (secondary N) is 1. The summed E-state index contributed by atoms with van der Waals surface area (Å²) >= 11 is 5.60. The highest BCUT2D eigenvalue weighted by atomic mass is 35.5. The van der Waals surface area contributed by atoms with Crippen molar-refractivity contribution in [1.29, 1.82) is 0 Å². The van der Waals surface area contributed by atoms with Crippen LogP contribution in [0, 0.1) is 6.92 Å². The van der Waals surface area contributed by atoms with Gasteiger partial charge >= 0.3 is 0 Å². The number of hydrogen-bond acceptors (Lipinski definition) is 3. The summed E-state index contributed by atoms with van der Waals surface area (Å²) in [5, 5.41) is 2.78. The molecule has 3 rings (SSSR count). The van der Waals surface area contributed by atoms with E-state index in [2.05, 4.69) is 60.5 Å². The van der Waals surface area contributed by atoms with Crippen molar-refractivity contribution in [1.82, 2.24) is 0 Å². The molecule has 0 saturated carbocycles. The third-order valence-electron chi connectivity index (χ3n) is 5.68. The molecule has 0 aromatic heterocycles. The van der Waals surface area contributed by atoms with Crippen molar-refractivity contribution in [3.05, 3.63) is 78.4 Å². The summed E-state index contributed by atoms with van der Waals surface area (Å²) in [4.78, 5) is 13.8. The van der Waals surface area contributed by atoms with Gasteiger partial charge < -0.3 is 15.0 Å². The van der Waals surface area contributed by atoms with Gasteiger partial charge in [0.2, 0.25) is 5.91 Å². The molecule has 0 fully saturated rings. The third-order valence-corrected chi connectivity index (χ3v) is 5.93. The van der Waals surface area contributed by atoms with E-state index in [0.717, 1.165) is 41.5 Å². The monoisotopic (exact) mass is 478 g/mol. The Bertz CT molecular complexity index is 1000. The molecule has 1 amide bonds. The first-order valence-electron chi connectivity index (χ1n) is 12.2. The molecule has 4 nitrogen and oxygen atoms in total. The Kier molecular flexibility index (Phi) is 10.3. The fourth-order valence-corrected chi connectivity index (χ4v) is 3.86. The summed E-state index contributed by atoms with van der Waals surface area (Å²) in [5.74, 6) is 0.603. The van der Waals surface area contributed by atoms with Crippen LogP contribution in [0.4, 0.5) is 22.7 Å². The summed E-state index contributed by atoms with van der Waals surface area (Å²) in [5.41, 5.74) is 5.02. The first kappa shape index (κ1) is 25.6. The van der Waals surface area contributed by atoms with Gasteiger partial charge in [0, 0.05) is 22.7 Å². The van der Waals surface area contributed by atoms with E-state index in [-0.39, 0.29) is 11.8 Å². The average molecular weight is 479 g/mol. The Balaban J connectivity index is 1.71. The minimum absolute atomic E-state index is 0.0650. The summed E-state index contributed by atoms with van der Waals surface area (Å²) < 4.78 is 5.97. The van der Waals surface area contributed by atoms with Crippen LogP contribution in [-0.4, -0.2) is 18.4 Å². The van der Waals surface area contributed by atoms with Crippen LogP contribution in [0.25, 0.3) is 0 Å². The molecule has 3 aromatic carbocycles. The Morgan fingerprint density at radius 2 is 1.32 bits per heavy atom. The number of rotatable bonds is 13. The molecule has 0 aliphatic rings. The molecule has 5 heteroatoms. The second-order valence-electron chi connectivity index (χ2n) is 8.51. The number of unbranched alkanes of at least 4 members (excludes halogenated alkanes) is 5. The number of halogens is 1. The van der Waals surface area contributed by atoms with E-state index >= 15 is 0 Å². The standard InChI is InChI=1S/C29H35ClN2O2/c1-3-4-5-6-7-8-21-34-28-19-17-27(18-20-28)32(25-13-9-23(2)10-14-25)26-15-11-24(12-16-26)31-29(33)22-30/h9-20H,3-8,21-22H2,1-2H3,(H,31,33). The maximum absolute atomic E-state index is 11.6. The van der Waals surface area contributed by atoms with Crippen molar-refractivity contribution in [2.24, 2.45) is 0 Å². The fourth-order valence-electron chi connectivity index (χ4n) is 3.79.